The van der Waals surface area contributed by atoms with E-state index in [1.54, 1.807) is 0 Å². The summed E-state index contributed by atoms with van der Waals surface area (Å²) in [7, 11) is 1.46. The molecule has 1 aromatic rings. The van der Waals surface area contributed by atoms with Crippen molar-refractivity contribution < 1.29 is 9.53 Å². The number of esters is 1. The lowest BCUT2D eigenvalue weighted by Gasteiger charge is -2.05. The minimum absolute atomic E-state index is 0.0824. The van der Waals surface area contributed by atoms with Crippen LogP contribution in [0.4, 0.5) is 0 Å². The number of unbranched alkanes of at least 4 members (excludes halogenated alkanes) is 9. The van der Waals surface area contributed by atoms with Crippen LogP contribution in [0.5, 0.6) is 0 Å². The van der Waals surface area contributed by atoms with E-state index in [0.29, 0.717) is 6.42 Å². The van der Waals surface area contributed by atoms with Crippen molar-refractivity contribution in [3.05, 3.63) is 35.4 Å². The summed E-state index contributed by atoms with van der Waals surface area (Å²) in [5, 5.41) is 0. The summed E-state index contributed by atoms with van der Waals surface area (Å²) in [6, 6.07) is 9.25. The molecule has 0 unspecified atom stereocenters. The third-order valence-electron chi connectivity index (χ3n) is 5.27. The average molecular weight is 389 g/mol. The Balaban J connectivity index is 0.00000118. The number of benzene rings is 1. The zero-order valence-corrected chi connectivity index (χ0v) is 18.6. The SMILES string of the molecule is C1CC1.CCCCCCCCc1ccc(CCCCCCCC(=O)OC)cc1. The first kappa shape index (κ1) is 24.7. The van der Waals surface area contributed by atoms with Crippen LogP contribution < -0.4 is 0 Å². The van der Waals surface area contributed by atoms with Crippen LogP contribution in [0.3, 0.4) is 0 Å². The Morgan fingerprint density at radius 2 is 1.14 bits per heavy atom. The molecule has 0 amide bonds. The summed E-state index contributed by atoms with van der Waals surface area (Å²) in [5.74, 6) is -0.0824. The van der Waals surface area contributed by atoms with Crippen LogP contribution in [0.25, 0.3) is 0 Å². The normalized spacial score (nSPS) is 12.2. The van der Waals surface area contributed by atoms with Gasteiger partial charge in [0.1, 0.15) is 0 Å². The first-order chi connectivity index (χ1) is 13.8. The molecular weight excluding hydrogens is 344 g/mol. The van der Waals surface area contributed by atoms with Gasteiger partial charge in [-0.05, 0) is 43.2 Å². The Kier molecular flexibility index (Phi) is 15.7. The molecule has 0 aliphatic heterocycles. The monoisotopic (exact) mass is 388 g/mol. The topological polar surface area (TPSA) is 26.3 Å². The molecule has 2 heteroatoms. The highest BCUT2D eigenvalue weighted by atomic mass is 16.5. The second-order valence-electron chi connectivity index (χ2n) is 8.24. The molecule has 0 N–H and O–H groups in total. The smallest absolute Gasteiger partial charge is 0.305 e. The van der Waals surface area contributed by atoms with Crippen molar-refractivity contribution in [2.45, 2.75) is 116 Å². The van der Waals surface area contributed by atoms with Gasteiger partial charge in [-0.15, -0.1) is 0 Å². The van der Waals surface area contributed by atoms with Crippen LogP contribution in [0, 0.1) is 0 Å². The van der Waals surface area contributed by atoms with E-state index in [0.717, 1.165) is 12.8 Å². The van der Waals surface area contributed by atoms with E-state index in [1.807, 2.05) is 0 Å². The Bertz CT molecular complexity index is 473. The Labute approximate surface area is 174 Å². The highest BCUT2D eigenvalue weighted by Gasteiger charge is 2.00. The van der Waals surface area contributed by atoms with Crippen molar-refractivity contribution in [1.29, 1.82) is 0 Å². The molecule has 0 saturated heterocycles. The van der Waals surface area contributed by atoms with Crippen molar-refractivity contribution in [3.63, 3.8) is 0 Å². The van der Waals surface area contributed by atoms with Crippen LogP contribution >= 0.6 is 0 Å². The fraction of sp³-hybridized carbons (Fsp3) is 0.731. The van der Waals surface area contributed by atoms with Crippen molar-refractivity contribution in [1.82, 2.24) is 0 Å². The molecule has 0 bridgehead atoms. The van der Waals surface area contributed by atoms with Crippen molar-refractivity contribution in [2.75, 3.05) is 7.11 Å². The van der Waals surface area contributed by atoms with Gasteiger partial charge >= 0.3 is 5.97 Å². The molecule has 0 radical (unpaired) electrons. The molecule has 1 saturated carbocycles. The van der Waals surface area contributed by atoms with Crippen molar-refractivity contribution in [2.24, 2.45) is 0 Å². The standard InChI is InChI=1S/C23H38O2.C3H6/c1-3-4-5-6-8-11-14-21-17-19-22(20-18-21)15-12-9-7-10-13-16-23(24)25-2;1-2-3-1/h17-20H,3-16H2,1-2H3;1-3H2. The molecule has 28 heavy (non-hydrogen) atoms. The zero-order chi connectivity index (χ0) is 20.3. The van der Waals surface area contributed by atoms with Gasteiger partial charge in [0.05, 0.1) is 7.11 Å². The number of aryl methyl sites for hydroxylation is 2. The first-order valence-corrected chi connectivity index (χ1v) is 11.9. The number of hydrogen-bond acceptors (Lipinski definition) is 2. The summed E-state index contributed by atoms with van der Waals surface area (Å²) in [5.41, 5.74) is 2.95. The molecule has 160 valence electrons. The lowest BCUT2D eigenvalue weighted by atomic mass is 10.0. The number of hydrogen-bond donors (Lipinski definition) is 0. The third kappa shape index (κ3) is 15.7. The van der Waals surface area contributed by atoms with E-state index in [-0.39, 0.29) is 5.97 Å². The molecular formula is C26H44O2. The average Bonchev–Trinajstić information content (AvgIpc) is 3.60. The highest BCUT2D eigenvalue weighted by molar-refractivity contribution is 5.68. The van der Waals surface area contributed by atoms with Gasteiger partial charge in [0.2, 0.25) is 0 Å². The molecule has 0 aromatic heterocycles. The van der Waals surface area contributed by atoms with Gasteiger partial charge in [-0.1, -0.05) is 102 Å². The van der Waals surface area contributed by atoms with E-state index in [4.69, 9.17) is 0 Å². The third-order valence-corrected chi connectivity index (χ3v) is 5.27. The predicted molar refractivity (Wildman–Crippen MR) is 121 cm³/mol. The fourth-order valence-electron chi connectivity index (χ4n) is 3.21. The van der Waals surface area contributed by atoms with Gasteiger partial charge < -0.3 is 4.74 Å². The summed E-state index contributed by atoms with van der Waals surface area (Å²) in [4.78, 5) is 11.0. The highest BCUT2D eigenvalue weighted by Crippen LogP contribution is 2.15. The lowest BCUT2D eigenvalue weighted by molar-refractivity contribution is -0.140. The molecule has 0 heterocycles. The van der Waals surface area contributed by atoms with Crippen molar-refractivity contribution in [3.8, 4) is 0 Å². The number of ether oxygens (including phenoxy) is 1. The van der Waals surface area contributed by atoms with Gasteiger partial charge in [-0.3, -0.25) is 4.79 Å². The fourth-order valence-corrected chi connectivity index (χ4v) is 3.21. The Morgan fingerprint density at radius 1 is 0.714 bits per heavy atom. The number of carbonyl (C=O) groups excluding carboxylic acids is 1. The maximum Gasteiger partial charge on any atom is 0.305 e. The minimum atomic E-state index is -0.0824. The molecule has 1 aromatic carbocycles. The number of carbonyl (C=O) groups is 1. The second-order valence-corrected chi connectivity index (χ2v) is 8.24. The summed E-state index contributed by atoms with van der Waals surface area (Å²) in [6.45, 7) is 2.27. The quantitative estimate of drug-likeness (QED) is 0.226. The molecule has 1 fully saturated rings. The number of rotatable bonds is 15. The summed E-state index contributed by atoms with van der Waals surface area (Å²) in [6.07, 6.45) is 21.5. The lowest BCUT2D eigenvalue weighted by Crippen LogP contribution is -1.99. The summed E-state index contributed by atoms with van der Waals surface area (Å²) < 4.78 is 4.65. The Hall–Kier alpha value is -1.31. The van der Waals surface area contributed by atoms with Crippen LogP contribution in [0.1, 0.15) is 114 Å². The predicted octanol–water partition coefficient (Wildman–Crippen LogP) is 7.82. The van der Waals surface area contributed by atoms with E-state index >= 15 is 0 Å². The van der Waals surface area contributed by atoms with Gasteiger partial charge in [0.25, 0.3) is 0 Å². The largest absolute Gasteiger partial charge is 0.469 e. The molecule has 2 nitrogen and oxygen atoms in total. The van der Waals surface area contributed by atoms with Gasteiger partial charge in [0, 0.05) is 6.42 Å². The van der Waals surface area contributed by atoms with Gasteiger partial charge in [0.15, 0.2) is 0 Å². The molecule has 0 spiro atoms. The Morgan fingerprint density at radius 3 is 1.57 bits per heavy atom. The van der Waals surface area contributed by atoms with E-state index in [1.165, 1.54) is 108 Å². The van der Waals surface area contributed by atoms with Gasteiger partial charge in [-0.25, -0.2) is 0 Å². The van der Waals surface area contributed by atoms with Gasteiger partial charge in [-0.2, -0.15) is 0 Å². The minimum Gasteiger partial charge on any atom is -0.469 e. The molecule has 0 atom stereocenters. The van der Waals surface area contributed by atoms with Crippen LogP contribution in [-0.2, 0) is 22.4 Å². The second kappa shape index (κ2) is 17.8. The van der Waals surface area contributed by atoms with Crippen LogP contribution in [0.15, 0.2) is 24.3 Å². The van der Waals surface area contributed by atoms with Crippen LogP contribution in [0.2, 0.25) is 0 Å². The van der Waals surface area contributed by atoms with E-state index in [9.17, 15) is 4.79 Å². The first-order valence-electron chi connectivity index (χ1n) is 11.9. The zero-order valence-electron chi connectivity index (χ0n) is 18.6. The molecule has 1 aliphatic rings. The maximum atomic E-state index is 11.0. The molecule has 1 aliphatic carbocycles. The van der Waals surface area contributed by atoms with Crippen molar-refractivity contribution >= 4 is 5.97 Å². The molecule has 2 rings (SSSR count). The maximum absolute atomic E-state index is 11.0. The van der Waals surface area contributed by atoms with Crippen LogP contribution in [-0.4, -0.2) is 13.1 Å². The van der Waals surface area contributed by atoms with E-state index < -0.39 is 0 Å². The number of methoxy groups -OCH3 is 1. The summed E-state index contributed by atoms with van der Waals surface area (Å²) >= 11 is 0. The van der Waals surface area contributed by atoms with E-state index in [2.05, 4.69) is 35.9 Å².